The summed E-state index contributed by atoms with van der Waals surface area (Å²) < 4.78 is 12.4. The summed E-state index contributed by atoms with van der Waals surface area (Å²) in [6.45, 7) is 2.21. The van der Waals surface area contributed by atoms with E-state index in [1.807, 2.05) is 0 Å². The molecule has 13 heavy (non-hydrogen) atoms. The molecule has 0 unspecified atom stereocenters. The van der Waals surface area contributed by atoms with Crippen molar-refractivity contribution in [2.75, 3.05) is 18.6 Å². The molecule has 0 fully saturated rings. The molecule has 0 aromatic heterocycles. The highest BCUT2D eigenvalue weighted by Crippen LogP contribution is 2.22. The van der Waals surface area contributed by atoms with E-state index in [1.165, 1.54) is 23.7 Å². The van der Waals surface area contributed by atoms with Gasteiger partial charge in [-0.05, 0) is 22.9 Å². The molecule has 4 heteroatoms. The molecule has 80 valence electrons. The minimum atomic E-state index is -1.79. The third-order valence-corrected chi connectivity index (χ3v) is 6.83. The Hall–Kier alpha value is 0.867. The number of halogens is 1. The first-order valence-corrected chi connectivity index (χ1v) is 8.66. The van der Waals surface area contributed by atoms with Crippen LogP contribution in [0.3, 0.4) is 0 Å². The molecule has 0 aromatic carbocycles. The molecule has 0 N–H and O–H groups in total. The predicted molar refractivity (Wildman–Crippen MR) is 67.8 cm³/mol. The highest BCUT2D eigenvalue weighted by molar-refractivity contribution is 14.1. The van der Waals surface area contributed by atoms with Crippen molar-refractivity contribution in [2.45, 2.75) is 38.3 Å². The molecule has 0 aliphatic rings. The molecule has 0 aliphatic heterocycles. The molecule has 0 rings (SSSR count). The van der Waals surface area contributed by atoms with Crippen molar-refractivity contribution in [2.24, 2.45) is 0 Å². The van der Waals surface area contributed by atoms with Crippen LogP contribution in [0.5, 0.6) is 0 Å². The number of rotatable bonds is 8. The largest absolute Gasteiger partial charge is 0.398 e. The van der Waals surface area contributed by atoms with Crippen LogP contribution < -0.4 is 0 Å². The highest BCUT2D eigenvalue weighted by Gasteiger charge is 2.33. The van der Waals surface area contributed by atoms with Crippen LogP contribution in [0.4, 0.5) is 0 Å². The maximum Gasteiger partial charge on any atom is 0.337 e. The van der Waals surface area contributed by atoms with Crippen molar-refractivity contribution < 1.29 is 8.85 Å². The Labute approximate surface area is 96.8 Å². The zero-order chi connectivity index (χ0) is 10.2. The predicted octanol–water partition coefficient (Wildman–Crippen LogP) is 3.35. The van der Waals surface area contributed by atoms with Gasteiger partial charge in [0, 0.05) is 14.2 Å². The van der Waals surface area contributed by atoms with Gasteiger partial charge in [-0.1, -0.05) is 42.4 Å². The smallest absolute Gasteiger partial charge is 0.337 e. The van der Waals surface area contributed by atoms with Crippen molar-refractivity contribution in [1.29, 1.82) is 0 Å². The number of alkyl halides is 1. The van der Waals surface area contributed by atoms with E-state index in [-0.39, 0.29) is 0 Å². The van der Waals surface area contributed by atoms with E-state index in [0.717, 1.165) is 12.1 Å². The molecule has 0 aromatic rings. The van der Waals surface area contributed by atoms with Gasteiger partial charge in [-0.2, -0.15) is 0 Å². The fourth-order valence-electron chi connectivity index (χ4n) is 1.40. The Morgan fingerprint density at radius 3 is 2.00 bits per heavy atom. The van der Waals surface area contributed by atoms with Crippen LogP contribution in [0.15, 0.2) is 0 Å². The second-order valence-corrected chi connectivity index (χ2v) is 7.93. The molecule has 0 saturated carbocycles. The lowest BCUT2D eigenvalue weighted by atomic mass is 10.4. The SMILES string of the molecule is CCCC[Si](CCCI)(OC)OC. The Balaban J connectivity index is 3.97. The maximum absolute atomic E-state index is 5.60. The third kappa shape index (κ3) is 5.34. The summed E-state index contributed by atoms with van der Waals surface area (Å²) in [7, 11) is 1.82. The minimum Gasteiger partial charge on any atom is -0.398 e. The Kier molecular flexibility index (Phi) is 8.74. The van der Waals surface area contributed by atoms with Crippen molar-refractivity contribution in [3.8, 4) is 0 Å². The summed E-state index contributed by atoms with van der Waals surface area (Å²) in [6, 6.07) is 2.29. The monoisotopic (exact) mass is 316 g/mol. The molecule has 0 saturated heterocycles. The molecular weight excluding hydrogens is 295 g/mol. The molecule has 0 bridgehead atoms. The van der Waals surface area contributed by atoms with Crippen LogP contribution >= 0.6 is 22.6 Å². The molecule has 0 aliphatic carbocycles. The molecule has 0 heterocycles. The zero-order valence-electron chi connectivity index (χ0n) is 8.94. The van der Waals surface area contributed by atoms with Gasteiger partial charge in [0.25, 0.3) is 0 Å². The van der Waals surface area contributed by atoms with Gasteiger partial charge in [-0.25, -0.2) is 0 Å². The summed E-state index contributed by atoms with van der Waals surface area (Å²) in [5.74, 6) is 0. The minimum absolute atomic E-state index is 1.14. The van der Waals surface area contributed by atoms with Crippen molar-refractivity contribution in [3.05, 3.63) is 0 Å². The summed E-state index contributed by atoms with van der Waals surface area (Å²) in [5.41, 5.74) is 0. The molecule has 0 radical (unpaired) electrons. The fourth-order valence-corrected chi connectivity index (χ4v) is 5.34. The average Bonchev–Trinajstić information content (AvgIpc) is 2.20. The van der Waals surface area contributed by atoms with Gasteiger partial charge in [0.1, 0.15) is 0 Å². The van der Waals surface area contributed by atoms with E-state index in [2.05, 4.69) is 29.5 Å². The van der Waals surface area contributed by atoms with Crippen LogP contribution in [-0.4, -0.2) is 27.2 Å². The van der Waals surface area contributed by atoms with Gasteiger partial charge in [0.2, 0.25) is 0 Å². The molecule has 2 nitrogen and oxygen atoms in total. The highest BCUT2D eigenvalue weighted by atomic mass is 127. The lowest BCUT2D eigenvalue weighted by Crippen LogP contribution is -2.39. The molecule has 0 amide bonds. The number of hydrogen-bond donors (Lipinski definition) is 0. The lowest BCUT2D eigenvalue weighted by Gasteiger charge is -2.27. The third-order valence-electron chi connectivity index (χ3n) is 2.35. The van der Waals surface area contributed by atoms with Gasteiger partial charge >= 0.3 is 8.56 Å². The maximum atomic E-state index is 5.60. The van der Waals surface area contributed by atoms with Crippen LogP contribution in [0.2, 0.25) is 12.1 Å². The number of hydrogen-bond acceptors (Lipinski definition) is 2. The Bertz CT molecular complexity index is 108. The van der Waals surface area contributed by atoms with E-state index in [1.54, 1.807) is 14.2 Å². The van der Waals surface area contributed by atoms with Crippen LogP contribution in [-0.2, 0) is 8.85 Å². The first kappa shape index (κ1) is 13.9. The van der Waals surface area contributed by atoms with Crippen LogP contribution in [0, 0.1) is 0 Å². The summed E-state index contributed by atoms with van der Waals surface area (Å²) in [6.07, 6.45) is 3.68. The standard InChI is InChI=1S/C9H21IO2Si/c1-4-5-8-13(11-2,12-3)9-6-7-10/h4-9H2,1-3H3. The van der Waals surface area contributed by atoms with Gasteiger partial charge in [0.15, 0.2) is 0 Å². The summed E-state index contributed by atoms with van der Waals surface area (Å²) >= 11 is 2.41. The van der Waals surface area contributed by atoms with Gasteiger partial charge in [-0.15, -0.1) is 0 Å². The zero-order valence-corrected chi connectivity index (χ0v) is 12.1. The van der Waals surface area contributed by atoms with E-state index >= 15 is 0 Å². The van der Waals surface area contributed by atoms with Crippen molar-refractivity contribution >= 4 is 31.2 Å². The Morgan fingerprint density at radius 1 is 1.08 bits per heavy atom. The fraction of sp³-hybridized carbons (Fsp3) is 1.00. The van der Waals surface area contributed by atoms with Crippen LogP contribution in [0.25, 0.3) is 0 Å². The molecular formula is C9H21IO2Si. The molecule has 0 atom stereocenters. The molecule has 0 spiro atoms. The topological polar surface area (TPSA) is 18.5 Å². The first-order chi connectivity index (χ1) is 6.24. The Morgan fingerprint density at radius 2 is 1.62 bits per heavy atom. The number of unbranched alkanes of at least 4 members (excludes halogenated alkanes) is 1. The summed E-state index contributed by atoms with van der Waals surface area (Å²) in [5, 5.41) is 0. The van der Waals surface area contributed by atoms with Gasteiger partial charge < -0.3 is 8.85 Å². The average molecular weight is 316 g/mol. The normalized spacial score (nSPS) is 12.0. The quantitative estimate of drug-likeness (QED) is 0.388. The van der Waals surface area contributed by atoms with Gasteiger partial charge in [-0.3, -0.25) is 0 Å². The van der Waals surface area contributed by atoms with E-state index in [4.69, 9.17) is 8.85 Å². The van der Waals surface area contributed by atoms with E-state index in [0.29, 0.717) is 0 Å². The second-order valence-electron chi connectivity index (χ2n) is 3.22. The van der Waals surface area contributed by atoms with Crippen molar-refractivity contribution in [1.82, 2.24) is 0 Å². The van der Waals surface area contributed by atoms with Crippen LogP contribution in [0.1, 0.15) is 26.2 Å². The summed E-state index contributed by atoms with van der Waals surface area (Å²) in [4.78, 5) is 0. The van der Waals surface area contributed by atoms with E-state index in [9.17, 15) is 0 Å². The van der Waals surface area contributed by atoms with Gasteiger partial charge in [0.05, 0.1) is 0 Å². The first-order valence-electron chi connectivity index (χ1n) is 4.91. The lowest BCUT2D eigenvalue weighted by molar-refractivity contribution is 0.240. The van der Waals surface area contributed by atoms with E-state index < -0.39 is 8.56 Å². The van der Waals surface area contributed by atoms with Crippen molar-refractivity contribution in [3.63, 3.8) is 0 Å². The second kappa shape index (κ2) is 8.20.